The fourth-order valence-corrected chi connectivity index (χ4v) is 2.97. The number of guanidine groups is 1. The van der Waals surface area contributed by atoms with Crippen molar-refractivity contribution in [3.05, 3.63) is 0 Å². The van der Waals surface area contributed by atoms with Crippen molar-refractivity contribution in [1.82, 2.24) is 15.5 Å². The molecule has 2 rings (SSSR count). The van der Waals surface area contributed by atoms with E-state index in [0.29, 0.717) is 6.61 Å². The van der Waals surface area contributed by atoms with Gasteiger partial charge < -0.3 is 19.7 Å². The number of carbonyl (C=O) groups is 1. The normalized spacial score (nSPS) is 25.7. The van der Waals surface area contributed by atoms with E-state index in [-0.39, 0.29) is 30.8 Å². The predicted octanol–water partition coefficient (Wildman–Crippen LogP) is 0.655. The van der Waals surface area contributed by atoms with Crippen LogP contribution in [0, 0.1) is 0 Å². The second kappa shape index (κ2) is 10.6. The molecule has 9 nitrogen and oxygen atoms in total. The number of amides is 2. The Hall–Kier alpha value is -1.49. The van der Waals surface area contributed by atoms with Crippen LogP contribution in [-0.4, -0.2) is 70.6 Å². The van der Waals surface area contributed by atoms with E-state index in [4.69, 9.17) is 26.8 Å². The second-order valence-electron chi connectivity index (χ2n) is 6.34. The van der Waals surface area contributed by atoms with Gasteiger partial charge in [0.2, 0.25) is 5.96 Å². The van der Waals surface area contributed by atoms with E-state index in [1.807, 2.05) is 0 Å². The molecule has 1 fully saturated rings. The SMILES string of the molecule is CCCCCCCOC(=S)NC1=NCN([C@H]2C[C@H](O)[C@@H](CO)O2)C(=O)N1. The Morgan fingerprint density at radius 1 is 1.46 bits per heavy atom. The Balaban J connectivity index is 1.71. The van der Waals surface area contributed by atoms with Crippen molar-refractivity contribution in [2.45, 2.75) is 63.9 Å². The molecule has 2 amide bonds. The van der Waals surface area contributed by atoms with Crippen LogP contribution >= 0.6 is 12.2 Å². The Bertz CT molecular complexity index is 519. The van der Waals surface area contributed by atoms with E-state index in [0.717, 1.165) is 12.8 Å². The maximum atomic E-state index is 12.2. The van der Waals surface area contributed by atoms with E-state index in [1.54, 1.807) is 0 Å². The second-order valence-corrected chi connectivity index (χ2v) is 6.71. The Labute approximate surface area is 158 Å². The van der Waals surface area contributed by atoms with Gasteiger partial charge in [-0.3, -0.25) is 15.5 Å². The average molecular weight is 388 g/mol. The first kappa shape index (κ1) is 20.8. The van der Waals surface area contributed by atoms with Gasteiger partial charge in [0, 0.05) is 6.42 Å². The van der Waals surface area contributed by atoms with Gasteiger partial charge in [-0.25, -0.2) is 9.79 Å². The van der Waals surface area contributed by atoms with Gasteiger partial charge in [-0.15, -0.1) is 0 Å². The van der Waals surface area contributed by atoms with Crippen molar-refractivity contribution in [2.24, 2.45) is 4.99 Å². The first-order valence-corrected chi connectivity index (χ1v) is 9.46. The summed E-state index contributed by atoms with van der Waals surface area (Å²) in [5.74, 6) is 0.222. The first-order chi connectivity index (χ1) is 12.5. The van der Waals surface area contributed by atoms with Crippen LogP contribution in [0.5, 0.6) is 0 Å². The molecule has 0 bridgehead atoms. The van der Waals surface area contributed by atoms with E-state index in [2.05, 4.69) is 22.5 Å². The highest BCUT2D eigenvalue weighted by molar-refractivity contribution is 7.80. The number of nitrogens with zero attached hydrogens (tertiary/aromatic N) is 2. The molecule has 0 radical (unpaired) electrons. The molecule has 10 heteroatoms. The third kappa shape index (κ3) is 6.04. The van der Waals surface area contributed by atoms with Gasteiger partial charge in [0.15, 0.2) is 0 Å². The monoisotopic (exact) mass is 388 g/mol. The third-order valence-corrected chi connectivity index (χ3v) is 4.52. The number of rotatable bonds is 8. The molecule has 0 spiro atoms. The summed E-state index contributed by atoms with van der Waals surface area (Å²) in [6, 6.07) is -0.416. The Morgan fingerprint density at radius 3 is 2.88 bits per heavy atom. The predicted molar refractivity (Wildman–Crippen MR) is 99.5 cm³/mol. The lowest BCUT2D eigenvalue weighted by Crippen LogP contribution is -2.56. The van der Waals surface area contributed by atoms with Crippen molar-refractivity contribution in [3.63, 3.8) is 0 Å². The van der Waals surface area contributed by atoms with Crippen LogP contribution in [0.4, 0.5) is 4.79 Å². The summed E-state index contributed by atoms with van der Waals surface area (Å²) in [6.07, 6.45) is 3.76. The summed E-state index contributed by atoms with van der Waals surface area (Å²) in [4.78, 5) is 17.8. The fourth-order valence-electron chi connectivity index (χ4n) is 2.79. The maximum absolute atomic E-state index is 12.2. The van der Waals surface area contributed by atoms with Crippen molar-refractivity contribution in [2.75, 3.05) is 19.9 Å². The summed E-state index contributed by atoms with van der Waals surface area (Å²) in [7, 11) is 0. The molecule has 0 aliphatic carbocycles. The van der Waals surface area contributed by atoms with Gasteiger partial charge in [0.05, 0.1) is 19.3 Å². The molecule has 2 aliphatic heterocycles. The highest BCUT2D eigenvalue weighted by atomic mass is 32.1. The molecule has 1 saturated heterocycles. The molecular formula is C16H28N4O5S. The number of aliphatic imine (C=N–C) groups is 1. The van der Waals surface area contributed by atoms with Gasteiger partial charge in [0.25, 0.3) is 5.17 Å². The lowest BCUT2D eigenvalue weighted by Gasteiger charge is -2.30. The van der Waals surface area contributed by atoms with Crippen molar-refractivity contribution >= 4 is 29.4 Å². The van der Waals surface area contributed by atoms with Crippen LogP contribution in [0.2, 0.25) is 0 Å². The van der Waals surface area contributed by atoms with Crippen LogP contribution in [0.15, 0.2) is 4.99 Å². The highest BCUT2D eigenvalue weighted by Crippen LogP contribution is 2.23. The van der Waals surface area contributed by atoms with Crippen LogP contribution in [0.1, 0.15) is 45.4 Å². The molecule has 0 aromatic carbocycles. The Morgan fingerprint density at radius 2 is 2.23 bits per heavy atom. The van der Waals surface area contributed by atoms with Crippen LogP contribution in [0.25, 0.3) is 0 Å². The van der Waals surface area contributed by atoms with Gasteiger partial charge in [0.1, 0.15) is 19.0 Å². The number of urea groups is 1. The van der Waals surface area contributed by atoms with Crippen molar-refractivity contribution < 1.29 is 24.5 Å². The number of aliphatic hydroxyl groups excluding tert-OH is 2. The van der Waals surface area contributed by atoms with Crippen molar-refractivity contribution in [1.29, 1.82) is 0 Å². The zero-order chi connectivity index (χ0) is 18.9. The molecule has 0 aromatic rings. The first-order valence-electron chi connectivity index (χ1n) is 9.05. The zero-order valence-corrected chi connectivity index (χ0v) is 15.8. The van der Waals surface area contributed by atoms with Gasteiger partial charge >= 0.3 is 6.03 Å². The zero-order valence-electron chi connectivity index (χ0n) is 15.0. The van der Waals surface area contributed by atoms with E-state index >= 15 is 0 Å². The van der Waals surface area contributed by atoms with Gasteiger partial charge in [-0.2, -0.15) is 0 Å². The minimum Gasteiger partial charge on any atom is -0.471 e. The molecule has 26 heavy (non-hydrogen) atoms. The minimum absolute atomic E-state index is 0.0589. The standard InChI is InChI=1S/C16H28N4O5S/c1-2-3-4-5-6-7-24-16(26)19-14-17-10-20(15(23)18-14)13-8-11(22)12(9-21)25-13/h11-13,21-22H,2-10H2,1H3,(H2,17,18,19,23,26)/t11-,12+,13+/m0/s1. The molecule has 2 aliphatic rings. The van der Waals surface area contributed by atoms with Crippen LogP contribution in [-0.2, 0) is 9.47 Å². The summed E-state index contributed by atoms with van der Waals surface area (Å²) >= 11 is 5.09. The number of ether oxygens (including phenoxy) is 2. The number of thiocarbonyl (C=S) groups is 1. The molecule has 0 unspecified atom stereocenters. The molecule has 148 valence electrons. The summed E-state index contributed by atoms with van der Waals surface area (Å²) in [5, 5.41) is 24.4. The van der Waals surface area contributed by atoms with E-state index in [9.17, 15) is 9.90 Å². The Kier molecular flexibility index (Phi) is 8.49. The number of aliphatic hydroxyl groups is 2. The lowest BCUT2D eigenvalue weighted by atomic mass is 10.2. The molecule has 2 heterocycles. The number of carbonyl (C=O) groups excluding carboxylic acids is 1. The number of nitrogens with one attached hydrogen (secondary N) is 2. The number of hydrogen-bond acceptors (Lipinski definition) is 7. The highest BCUT2D eigenvalue weighted by Gasteiger charge is 2.39. The maximum Gasteiger partial charge on any atom is 0.327 e. The third-order valence-electron chi connectivity index (χ3n) is 4.30. The topological polar surface area (TPSA) is 116 Å². The average Bonchev–Trinajstić information content (AvgIpc) is 2.98. The molecule has 0 aromatic heterocycles. The fraction of sp³-hybridized carbons (Fsp3) is 0.812. The van der Waals surface area contributed by atoms with Crippen molar-refractivity contribution in [3.8, 4) is 0 Å². The van der Waals surface area contributed by atoms with E-state index in [1.165, 1.54) is 24.2 Å². The molecule has 0 saturated carbocycles. The van der Waals surface area contributed by atoms with Crippen LogP contribution in [0.3, 0.4) is 0 Å². The van der Waals surface area contributed by atoms with E-state index < -0.39 is 24.5 Å². The number of hydrogen-bond donors (Lipinski definition) is 4. The summed E-state index contributed by atoms with van der Waals surface area (Å²) in [6.45, 7) is 2.46. The molecule has 4 N–H and O–H groups in total. The van der Waals surface area contributed by atoms with Gasteiger partial charge in [-0.1, -0.05) is 32.6 Å². The number of unbranched alkanes of at least 4 members (excludes halogenated alkanes) is 4. The molecular weight excluding hydrogens is 360 g/mol. The largest absolute Gasteiger partial charge is 0.471 e. The summed E-state index contributed by atoms with van der Waals surface area (Å²) < 4.78 is 10.9. The van der Waals surface area contributed by atoms with Crippen LogP contribution < -0.4 is 10.6 Å². The smallest absolute Gasteiger partial charge is 0.327 e. The minimum atomic E-state index is -0.806. The molecule has 3 atom stereocenters. The summed E-state index contributed by atoms with van der Waals surface area (Å²) in [5.41, 5.74) is 0. The quantitative estimate of drug-likeness (QED) is 0.356. The van der Waals surface area contributed by atoms with Gasteiger partial charge in [-0.05, 0) is 18.6 Å². The lowest BCUT2D eigenvalue weighted by molar-refractivity contribution is -0.0637.